The zero-order valence-corrected chi connectivity index (χ0v) is 11.8. The first-order valence-corrected chi connectivity index (χ1v) is 6.49. The quantitative estimate of drug-likeness (QED) is 0.924. The Morgan fingerprint density at radius 1 is 1.47 bits per heavy atom. The number of benzene rings is 1. The lowest BCUT2D eigenvalue weighted by Gasteiger charge is -2.48. The van der Waals surface area contributed by atoms with E-state index in [1.165, 1.54) is 5.56 Å². The van der Waals surface area contributed by atoms with Gasteiger partial charge in [0.15, 0.2) is 0 Å². The van der Waals surface area contributed by atoms with Gasteiger partial charge in [0.05, 0.1) is 25.2 Å². The summed E-state index contributed by atoms with van der Waals surface area (Å²) >= 11 is 3.50. The molecule has 1 atom stereocenters. The van der Waals surface area contributed by atoms with Crippen LogP contribution in [0.1, 0.15) is 11.6 Å². The van der Waals surface area contributed by atoms with Crippen LogP contribution in [0.2, 0.25) is 0 Å². The van der Waals surface area contributed by atoms with Crippen LogP contribution in [-0.4, -0.2) is 43.9 Å². The minimum absolute atomic E-state index is 0.155. The largest absolute Gasteiger partial charge is 0.396 e. The second kappa shape index (κ2) is 5.06. The highest BCUT2D eigenvalue weighted by Crippen LogP contribution is 2.43. The van der Waals surface area contributed by atoms with E-state index in [4.69, 9.17) is 4.74 Å². The summed E-state index contributed by atoms with van der Waals surface area (Å²) in [6, 6.07) is 8.43. The molecule has 1 fully saturated rings. The third kappa shape index (κ3) is 2.40. The number of rotatable bonds is 4. The fourth-order valence-corrected chi connectivity index (χ4v) is 2.99. The van der Waals surface area contributed by atoms with E-state index in [0.717, 1.165) is 4.47 Å². The fourth-order valence-electron chi connectivity index (χ4n) is 2.58. The van der Waals surface area contributed by atoms with Crippen molar-refractivity contribution in [3.05, 3.63) is 34.3 Å². The van der Waals surface area contributed by atoms with Gasteiger partial charge in [0.1, 0.15) is 0 Å². The molecule has 1 aromatic carbocycles. The molecule has 1 heterocycles. The molecule has 1 saturated heterocycles. The maximum atomic E-state index is 9.67. The number of halogens is 1. The molecule has 0 bridgehead atoms. The first-order chi connectivity index (χ1) is 8.09. The van der Waals surface area contributed by atoms with Gasteiger partial charge in [0, 0.05) is 10.5 Å². The summed E-state index contributed by atoms with van der Waals surface area (Å²) in [7, 11) is 4.09. The topological polar surface area (TPSA) is 32.7 Å². The fraction of sp³-hybridized carbons (Fsp3) is 0.538. The number of hydrogen-bond donors (Lipinski definition) is 1. The highest BCUT2D eigenvalue weighted by Gasteiger charge is 2.47. The molecule has 0 amide bonds. The zero-order valence-electron chi connectivity index (χ0n) is 10.2. The number of aliphatic hydroxyl groups excluding tert-OH is 1. The van der Waals surface area contributed by atoms with Crippen LogP contribution in [0.3, 0.4) is 0 Å². The van der Waals surface area contributed by atoms with Crippen molar-refractivity contribution < 1.29 is 9.84 Å². The predicted octanol–water partition coefficient (Wildman–Crippen LogP) is 2.06. The molecule has 4 heteroatoms. The minimum atomic E-state index is -0.162. The lowest BCUT2D eigenvalue weighted by molar-refractivity contribution is -0.172. The van der Waals surface area contributed by atoms with Crippen LogP contribution in [0.15, 0.2) is 28.7 Å². The Bertz CT molecular complexity index is 385. The summed E-state index contributed by atoms with van der Waals surface area (Å²) in [6.45, 7) is 1.40. The molecular weight excluding hydrogens is 282 g/mol. The minimum Gasteiger partial charge on any atom is -0.396 e. The van der Waals surface area contributed by atoms with Crippen LogP contribution < -0.4 is 0 Å². The van der Waals surface area contributed by atoms with Crippen LogP contribution in [-0.2, 0) is 4.74 Å². The Balaban J connectivity index is 2.35. The van der Waals surface area contributed by atoms with Crippen molar-refractivity contribution in [3.63, 3.8) is 0 Å². The molecule has 1 aromatic rings. The summed E-state index contributed by atoms with van der Waals surface area (Å²) in [5.41, 5.74) is 1.05. The first-order valence-electron chi connectivity index (χ1n) is 5.69. The van der Waals surface area contributed by atoms with E-state index in [2.05, 4.69) is 33.0 Å². The highest BCUT2D eigenvalue weighted by molar-refractivity contribution is 9.10. The summed E-state index contributed by atoms with van der Waals surface area (Å²) in [5, 5.41) is 9.67. The van der Waals surface area contributed by atoms with Crippen molar-refractivity contribution in [2.45, 2.75) is 6.04 Å². The van der Waals surface area contributed by atoms with Gasteiger partial charge in [-0.1, -0.05) is 28.1 Å². The van der Waals surface area contributed by atoms with E-state index in [-0.39, 0.29) is 18.1 Å². The molecule has 0 spiro atoms. The van der Waals surface area contributed by atoms with Crippen molar-refractivity contribution in [2.24, 2.45) is 5.41 Å². The average Bonchev–Trinajstić information content (AvgIpc) is 2.22. The second-order valence-electron chi connectivity index (χ2n) is 4.93. The van der Waals surface area contributed by atoms with Gasteiger partial charge in [0.25, 0.3) is 0 Å². The zero-order chi connectivity index (χ0) is 12.5. The Labute approximate surface area is 111 Å². The van der Waals surface area contributed by atoms with E-state index in [1.54, 1.807) is 0 Å². The van der Waals surface area contributed by atoms with Crippen LogP contribution in [0.25, 0.3) is 0 Å². The van der Waals surface area contributed by atoms with Gasteiger partial charge in [-0.15, -0.1) is 0 Å². The Morgan fingerprint density at radius 2 is 2.18 bits per heavy atom. The van der Waals surface area contributed by atoms with Crippen LogP contribution >= 0.6 is 15.9 Å². The Kier molecular flexibility index (Phi) is 3.88. The van der Waals surface area contributed by atoms with Gasteiger partial charge in [-0.25, -0.2) is 0 Å². The van der Waals surface area contributed by atoms with Gasteiger partial charge in [-0.2, -0.15) is 0 Å². The number of ether oxygens (including phenoxy) is 1. The summed E-state index contributed by atoms with van der Waals surface area (Å²) in [5.74, 6) is 0. The Hall–Kier alpha value is -0.420. The van der Waals surface area contributed by atoms with Crippen molar-refractivity contribution >= 4 is 15.9 Å². The van der Waals surface area contributed by atoms with Gasteiger partial charge in [-0.05, 0) is 31.8 Å². The monoisotopic (exact) mass is 299 g/mol. The molecule has 0 aliphatic carbocycles. The molecule has 3 nitrogen and oxygen atoms in total. The lowest BCUT2D eigenvalue weighted by atomic mass is 9.75. The smallest absolute Gasteiger partial charge is 0.0598 e. The number of aliphatic hydroxyl groups is 1. The highest BCUT2D eigenvalue weighted by atomic mass is 79.9. The lowest BCUT2D eigenvalue weighted by Crippen LogP contribution is -2.53. The van der Waals surface area contributed by atoms with E-state index in [9.17, 15) is 5.11 Å². The molecule has 0 radical (unpaired) electrons. The molecule has 1 N–H and O–H groups in total. The summed E-state index contributed by atoms with van der Waals surface area (Å²) in [6.07, 6.45) is 0. The standard InChI is InChI=1S/C13H18BrNO2/c1-15(2)12(13(7-16)8-17-9-13)10-4-3-5-11(14)6-10/h3-6,12,16H,7-9H2,1-2H3. The van der Waals surface area contributed by atoms with E-state index < -0.39 is 0 Å². The number of nitrogens with zero attached hydrogens (tertiary/aromatic N) is 1. The normalized spacial score (nSPS) is 20.1. The van der Waals surface area contributed by atoms with Gasteiger partial charge >= 0.3 is 0 Å². The van der Waals surface area contributed by atoms with E-state index >= 15 is 0 Å². The van der Waals surface area contributed by atoms with Gasteiger partial charge in [0.2, 0.25) is 0 Å². The molecular formula is C13H18BrNO2. The Morgan fingerprint density at radius 3 is 2.59 bits per heavy atom. The number of hydrogen-bond acceptors (Lipinski definition) is 3. The SMILES string of the molecule is CN(C)C(c1cccc(Br)c1)C1(CO)COC1. The van der Waals surface area contributed by atoms with Crippen molar-refractivity contribution in [1.82, 2.24) is 4.90 Å². The molecule has 1 unspecified atom stereocenters. The maximum Gasteiger partial charge on any atom is 0.0598 e. The molecule has 0 saturated carbocycles. The molecule has 2 rings (SSSR count). The van der Waals surface area contributed by atoms with Crippen LogP contribution in [0.4, 0.5) is 0 Å². The van der Waals surface area contributed by atoms with E-state index in [1.807, 2.05) is 26.2 Å². The molecule has 1 aliphatic heterocycles. The summed E-state index contributed by atoms with van der Waals surface area (Å²) < 4.78 is 6.38. The molecule has 17 heavy (non-hydrogen) atoms. The van der Waals surface area contributed by atoms with E-state index in [0.29, 0.717) is 13.2 Å². The predicted molar refractivity (Wildman–Crippen MR) is 70.9 cm³/mol. The molecule has 1 aliphatic rings. The van der Waals surface area contributed by atoms with Crippen LogP contribution in [0, 0.1) is 5.41 Å². The van der Waals surface area contributed by atoms with Crippen molar-refractivity contribution in [3.8, 4) is 0 Å². The third-order valence-electron chi connectivity index (χ3n) is 3.35. The van der Waals surface area contributed by atoms with Crippen LogP contribution in [0.5, 0.6) is 0 Å². The van der Waals surface area contributed by atoms with Crippen molar-refractivity contribution in [2.75, 3.05) is 33.9 Å². The summed E-state index contributed by atoms with van der Waals surface area (Å²) in [4.78, 5) is 2.15. The van der Waals surface area contributed by atoms with Gasteiger partial charge < -0.3 is 14.7 Å². The van der Waals surface area contributed by atoms with Gasteiger partial charge in [-0.3, -0.25) is 0 Å². The molecule has 94 valence electrons. The maximum absolute atomic E-state index is 9.67. The van der Waals surface area contributed by atoms with Crippen molar-refractivity contribution in [1.29, 1.82) is 0 Å². The third-order valence-corrected chi connectivity index (χ3v) is 3.85. The average molecular weight is 300 g/mol. The second-order valence-corrected chi connectivity index (χ2v) is 5.85. The molecule has 0 aromatic heterocycles. The first kappa shape index (κ1) is 13.0.